The third kappa shape index (κ3) is 2.90. The van der Waals surface area contributed by atoms with E-state index in [0.717, 1.165) is 31.5 Å². The lowest BCUT2D eigenvalue weighted by Crippen LogP contribution is -2.40. The summed E-state index contributed by atoms with van der Waals surface area (Å²) in [7, 11) is 0. The number of piperidine rings is 1. The van der Waals surface area contributed by atoms with Crippen LogP contribution in [0.2, 0.25) is 5.02 Å². The molecule has 0 amide bonds. The van der Waals surface area contributed by atoms with Gasteiger partial charge in [0, 0.05) is 11.8 Å². The van der Waals surface area contributed by atoms with E-state index in [0.29, 0.717) is 6.42 Å². The Labute approximate surface area is 112 Å². The molecule has 0 bridgehead atoms. The zero-order chi connectivity index (χ0) is 13.2. The van der Waals surface area contributed by atoms with Crippen LogP contribution in [-0.4, -0.2) is 18.9 Å². The Hall–Kier alpha value is -0.930. The monoisotopic (exact) mass is 269 g/mol. The molecule has 1 heterocycles. The highest BCUT2D eigenvalue weighted by atomic mass is 35.5. The van der Waals surface area contributed by atoms with Gasteiger partial charge in [0.2, 0.25) is 0 Å². The molecule has 1 N–H and O–H groups in total. The fourth-order valence-electron chi connectivity index (χ4n) is 2.31. The second-order valence-corrected chi connectivity index (χ2v) is 5.57. The normalized spacial score (nSPS) is 18.6. The van der Waals surface area contributed by atoms with Crippen molar-refractivity contribution in [3.8, 4) is 0 Å². The van der Waals surface area contributed by atoms with E-state index in [1.165, 1.54) is 6.07 Å². The summed E-state index contributed by atoms with van der Waals surface area (Å²) in [5, 5.41) is 3.33. The molecule has 1 aliphatic heterocycles. The Bertz CT molecular complexity index is 455. The van der Waals surface area contributed by atoms with Gasteiger partial charge in [-0.25, -0.2) is 4.39 Å². The van der Waals surface area contributed by atoms with Crippen LogP contribution < -0.4 is 5.32 Å². The summed E-state index contributed by atoms with van der Waals surface area (Å²) in [5.41, 5.74) is 0.526. The van der Waals surface area contributed by atoms with Crippen molar-refractivity contribution in [3.05, 3.63) is 34.6 Å². The molecule has 0 aromatic heterocycles. The molecule has 0 saturated carbocycles. The van der Waals surface area contributed by atoms with Gasteiger partial charge in [-0.15, -0.1) is 0 Å². The molecule has 2 nitrogen and oxygen atoms in total. The van der Waals surface area contributed by atoms with Gasteiger partial charge in [0.25, 0.3) is 0 Å². The zero-order valence-corrected chi connectivity index (χ0v) is 11.2. The first kappa shape index (κ1) is 13.5. The molecule has 0 radical (unpaired) electrons. The van der Waals surface area contributed by atoms with Crippen LogP contribution in [0.25, 0.3) is 0 Å². The summed E-state index contributed by atoms with van der Waals surface area (Å²) in [6.45, 7) is 3.78. The standard InChI is InChI=1S/C14H17ClFNO/c1-14(4-6-17-7-5-14)13(18)9-10-2-3-12(16)11(15)8-10/h2-3,8,17H,4-7,9H2,1H3. The molecule has 1 fully saturated rings. The molecule has 0 aliphatic carbocycles. The van der Waals surface area contributed by atoms with Crippen molar-refractivity contribution in [3.63, 3.8) is 0 Å². The van der Waals surface area contributed by atoms with Crippen molar-refractivity contribution < 1.29 is 9.18 Å². The van der Waals surface area contributed by atoms with E-state index in [1.807, 2.05) is 6.92 Å². The Morgan fingerprint density at radius 2 is 2.11 bits per heavy atom. The summed E-state index contributed by atoms with van der Waals surface area (Å²) >= 11 is 5.72. The van der Waals surface area contributed by atoms with Crippen LogP contribution in [-0.2, 0) is 11.2 Å². The lowest BCUT2D eigenvalue weighted by atomic mass is 9.75. The summed E-state index contributed by atoms with van der Waals surface area (Å²) in [6, 6.07) is 4.48. The van der Waals surface area contributed by atoms with Crippen LogP contribution in [0, 0.1) is 11.2 Å². The SMILES string of the molecule is CC1(C(=O)Cc2ccc(F)c(Cl)c2)CCNCC1. The molecule has 1 aromatic rings. The number of carbonyl (C=O) groups is 1. The molecule has 0 atom stereocenters. The minimum Gasteiger partial charge on any atom is -0.317 e. The number of rotatable bonds is 3. The average molecular weight is 270 g/mol. The van der Waals surface area contributed by atoms with Crippen LogP contribution >= 0.6 is 11.6 Å². The quantitative estimate of drug-likeness (QED) is 0.914. The fraction of sp³-hybridized carbons (Fsp3) is 0.500. The first-order chi connectivity index (χ1) is 8.51. The number of Topliss-reactive ketones (excluding diaryl/α,β-unsaturated/α-hetero) is 1. The number of ketones is 1. The second kappa shape index (κ2) is 5.37. The average Bonchev–Trinajstić information content (AvgIpc) is 2.35. The number of nitrogens with one attached hydrogen (secondary N) is 1. The minimum atomic E-state index is -0.444. The number of benzene rings is 1. The van der Waals surface area contributed by atoms with Gasteiger partial charge in [0.15, 0.2) is 0 Å². The van der Waals surface area contributed by atoms with Gasteiger partial charge in [-0.1, -0.05) is 24.6 Å². The fourth-order valence-corrected chi connectivity index (χ4v) is 2.51. The smallest absolute Gasteiger partial charge is 0.143 e. The molecule has 18 heavy (non-hydrogen) atoms. The van der Waals surface area contributed by atoms with E-state index in [9.17, 15) is 9.18 Å². The highest BCUT2D eigenvalue weighted by Crippen LogP contribution is 2.30. The Balaban J connectivity index is 2.08. The molecule has 0 unspecified atom stereocenters. The topological polar surface area (TPSA) is 29.1 Å². The molecule has 98 valence electrons. The van der Waals surface area contributed by atoms with Crippen molar-refractivity contribution in [2.45, 2.75) is 26.2 Å². The van der Waals surface area contributed by atoms with Crippen molar-refractivity contribution in [1.29, 1.82) is 0 Å². The van der Waals surface area contributed by atoms with Crippen molar-refractivity contribution >= 4 is 17.4 Å². The van der Waals surface area contributed by atoms with Gasteiger partial charge in [0.05, 0.1) is 5.02 Å². The molecule has 4 heteroatoms. The molecule has 1 aliphatic rings. The van der Waals surface area contributed by atoms with Crippen molar-refractivity contribution in [2.24, 2.45) is 5.41 Å². The van der Waals surface area contributed by atoms with Crippen LogP contribution in [0.15, 0.2) is 18.2 Å². The van der Waals surface area contributed by atoms with Crippen LogP contribution in [0.4, 0.5) is 4.39 Å². The molecule has 2 rings (SSSR count). The van der Waals surface area contributed by atoms with Gasteiger partial charge in [0.1, 0.15) is 11.6 Å². The predicted molar refractivity (Wildman–Crippen MR) is 70.3 cm³/mol. The van der Waals surface area contributed by atoms with Gasteiger partial charge < -0.3 is 5.32 Å². The number of halogens is 2. The lowest BCUT2D eigenvalue weighted by molar-refractivity contribution is -0.128. The van der Waals surface area contributed by atoms with Gasteiger partial charge in [-0.2, -0.15) is 0 Å². The van der Waals surface area contributed by atoms with Crippen LogP contribution in [0.1, 0.15) is 25.3 Å². The van der Waals surface area contributed by atoms with E-state index in [4.69, 9.17) is 11.6 Å². The summed E-state index contributed by atoms with van der Waals surface area (Å²) < 4.78 is 13.0. The first-order valence-corrected chi connectivity index (χ1v) is 6.57. The van der Waals surface area contributed by atoms with Crippen LogP contribution in [0.3, 0.4) is 0 Å². The minimum absolute atomic E-state index is 0.0794. The van der Waals surface area contributed by atoms with E-state index in [2.05, 4.69) is 5.32 Å². The molecular weight excluding hydrogens is 253 g/mol. The summed E-state index contributed by atoms with van der Waals surface area (Å²) in [5.74, 6) is -0.229. The van der Waals surface area contributed by atoms with Crippen molar-refractivity contribution in [2.75, 3.05) is 13.1 Å². The summed E-state index contributed by atoms with van der Waals surface area (Å²) in [6.07, 6.45) is 2.05. The molecular formula is C14H17ClFNO. The lowest BCUT2D eigenvalue weighted by Gasteiger charge is -2.32. The van der Waals surface area contributed by atoms with E-state index in [-0.39, 0.29) is 16.2 Å². The van der Waals surface area contributed by atoms with E-state index >= 15 is 0 Å². The maximum absolute atomic E-state index is 13.0. The highest BCUT2D eigenvalue weighted by molar-refractivity contribution is 6.30. The Kier molecular flexibility index (Phi) is 4.03. The number of carbonyl (C=O) groups excluding carboxylic acids is 1. The third-order valence-corrected chi connectivity index (χ3v) is 4.02. The second-order valence-electron chi connectivity index (χ2n) is 5.16. The summed E-state index contributed by atoms with van der Waals surface area (Å²) in [4.78, 5) is 12.3. The number of hydrogen-bond donors (Lipinski definition) is 1. The maximum Gasteiger partial charge on any atom is 0.143 e. The highest BCUT2D eigenvalue weighted by Gasteiger charge is 2.33. The zero-order valence-electron chi connectivity index (χ0n) is 10.4. The van der Waals surface area contributed by atoms with E-state index < -0.39 is 5.82 Å². The predicted octanol–water partition coefficient (Wildman–Crippen LogP) is 2.98. The molecule has 1 aromatic carbocycles. The van der Waals surface area contributed by atoms with Gasteiger partial charge in [-0.05, 0) is 43.6 Å². The first-order valence-electron chi connectivity index (χ1n) is 6.19. The van der Waals surface area contributed by atoms with Gasteiger partial charge >= 0.3 is 0 Å². The Morgan fingerprint density at radius 1 is 1.44 bits per heavy atom. The van der Waals surface area contributed by atoms with E-state index in [1.54, 1.807) is 12.1 Å². The van der Waals surface area contributed by atoms with Gasteiger partial charge in [-0.3, -0.25) is 4.79 Å². The largest absolute Gasteiger partial charge is 0.317 e. The Morgan fingerprint density at radius 3 is 2.72 bits per heavy atom. The molecule has 0 spiro atoms. The van der Waals surface area contributed by atoms with Crippen molar-refractivity contribution in [1.82, 2.24) is 5.32 Å². The van der Waals surface area contributed by atoms with Crippen LogP contribution in [0.5, 0.6) is 0 Å². The third-order valence-electron chi connectivity index (χ3n) is 3.73. The number of hydrogen-bond acceptors (Lipinski definition) is 2. The molecule has 1 saturated heterocycles. The maximum atomic E-state index is 13.0.